The molecule has 2 unspecified atom stereocenters. The molecule has 1 aliphatic rings. The number of hydrogen-bond acceptors (Lipinski definition) is 3. The van der Waals surface area contributed by atoms with E-state index in [0.29, 0.717) is 18.9 Å². The van der Waals surface area contributed by atoms with Crippen molar-refractivity contribution in [3.63, 3.8) is 0 Å². The van der Waals surface area contributed by atoms with Gasteiger partial charge < -0.3 is 20.4 Å². The first-order valence-electron chi connectivity index (χ1n) is 7.91. The summed E-state index contributed by atoms with van der Waals surface area (Å²) in [6.45, 7) is 3.56. The van der Waals surface area contributed by atoms with Gasteiger partial charge in [0.15, 0.2) is 0 Å². The summed E-state index contributed by atoms with van der Waals surface area (Å²) in [4.78, 5) is 24.5. The molecule has 6 heteroatoms. The molecule has 1 aliphatic heterocycles. The van der Waals surface area contributed by atoms with Crippen LogP contribution in [0.2, 0.25) is 0 Å². The van der Waals surface area contributed by atoms with E-state index >= 15 is 0 Å². The molecule has 0 saturated carbocycles. The van der Waals surface area contributed by atoms with Crippen LogP contribution in [0.25, 0.3) is 0 Å². The van der Waals surface area contributed by atoms with Gasteiger partial charge in [-0.25, -0.2) is 4.79 Å². The molecule has 0 aromatic heterocycles. The predicted octanol–water partition coefficient (Wildman–Crippen LogP) is 1.82. The number of aliphatic carboxylic acids is 1. The van der Waals surface area contributed by atoms with Crippen LogP contribution in [0.15, 0.2) is 0 Å². The van der Waals surface area contributed by atoms with Crippen LogP contribution < -0.4 is 5.32 Å². The monoisotopic (exact) mass is 300 g/mol. The third-order valence-electron chi connectivity index (χ3n) is 4.10. The number of carbonyl (C=O) groups excluding carboxylic acids is 1. The molecule has 0 bridgehead atoms. The van der Waals surface area contributed by atoms with E-state index in [1.807, 2.05) is 11.8 Å². The Balaban J connectivity index is 2.21. The molecule has 122 valence electrons. The van der Waals surface area contributed by atoms with Crippen LogP contribution in [0.4, 0.5) is 4.79 Å². The number of nitrogens with one attached hydrogen (secondary N) is 1. The standard InChI is InChI=1S/C15H28N2O4/c1-12(6-7-14(19)20)8-9-16-15(21)17-10-2-4-13(17)5-3-11-18/h12-13,18H,2-11H2,1H3,(H,16,21)(H,19,20). The Kier molecular flexibility index (Phi) is 8.12. The first-order chi connectivity index (χ1) is 10.0. The molecule has 1 fully saturated rings. The molecule has 2 atom stereocenters. The number of rotatable bonds is 9. The summed E-state index contributed by atoms with van der Waals surface area (Å²) in [5.74, 6) is -0.472. The number of aliphatic hydroxyl groups excluding tert-OH is 1. The van der Waals surface area contributed by atoms with Gasteiger partial charge in [0.05, 0.1) is 0 Å². The van der Waals surface area contributed by atoms with Gasteiger partial charge in [0.25, 0.3) is 0 Å². The number of nitrogens with zero attached hydrogens (tertiary/aromatic N) is 1. The number of hydrogen-bond donors (Lipinski definition) is 3. The average Bonchev–Trinajstić information content (AvgIpc) is 2.91. The lowest BCUT2D eigenvalue weighted by Crippen LogP contribution is -2.43. The SMILES string of the molecule is CC(CCNC(=O)N1CCCC1CCCO)CCC(=O)O. The van der Waals surface area contributed by atoms with Gasteiger partial charge >= 0.3 is 12.0 Å². The van der Waals surface area contributed by atoms with Crippen LogP contribution in [0.1, 0.15) is 51.9 Å². The number of urea groups is 1. The van der Waals surface area contributed by atoms with Crippen molar-refractivity contribution in [1.82, 2.24) is 10.2 Å². The Hall–Kier alpha value is -1.30. The van der Waals surface area contributed by atoms with E-state index in [-0.39, 0.29) is 25.1 Å². The molecule has 0 aromatic carbocycles. The first kappa shape index (κ1) is 17.8. The van der Waals surface area contributed by atoms with Crippen LogP contribution in [-0.4, -0.2) is 52.9 Å². The number of carboxylic acid groups (broad SMARTS) is 1. The summed E-state index contributed by atoms with van der Waals surface area (Å²) in [7, 11) is 0. The minimum absolute atomic E-state index is 0.0270. The number of aliphatic hydroxyl groups is 1. The Morgan fingerprint density at radius 1 is 1.38 bits per heavy atom. The Bertz CT molecular complexity index is 336. The zero-order chi connectivity index (χ0) is 15.7. The first-order valence-corrected chi connectivity index (χ1v) is 7.91. The van der Waals surface area contributed by atoms with E-state index < -0.39 is 5.97 Å². The third-order valence-corrected chi connectivity index (χ3v) is 4.10. The van der Waals surface area contributed by atoms with Crippen LogP contribution in [-0.2, 0) is 4.79 Å². The zero-order valence-corrected chi connectivity index (χ0v) is 12.9. The van der Waals surface area contributed by atoms with Crippen molar-refractivity contribution in [3.8, 4) is 0 Å². The molecule has 0 spiro atoms. The second-order valence-corrected chi connectivity index (χ2v) is 5.91. The average molecular weight is 300 g/mol. The van der Waals surface area contributed by atoms with Crippen LogP contribution in [0.3, 0.4) is 0 Å². The smallest absolute Gasteiger partial charge is 0.317 e. The molecular formula is C15H28N2O4. The molecule has 21 heavy (non-hydrogen) atoms. The second-order valence-electron chi connectivity index (χ2n) is 5.91. The van der Waals surface area contributed by atoms with Crippen molar-refractivity contribution in [2.75, 3.05) is 19.7 Å². The molecule has 1 rings (SSSR count). The second kappa shape index (κ2) is 9.60. The van der Waals surface area contributed by atoms with E-state index in [1.54, 1.807) is 0 Å². The number of amides is 2. The van der Waals surface area contributed by atoms with E-state index in [0.717, 1.165) is 38.6 Å². The summed E-state index contributed by atoms with van der Waals surface area (Å²) in [6.07, 6.45) is 5.27. The Morgan fingerprint density at radius 2 is 2.14 bits per heavy atom. The van der Waals surface area contributed by atoms with Crippen molar-refractivity contribution in [2.24, 2.45) is 5.92 Å². The normalized spacial score (nSPS) is 19.5. The molecular weight excluding hydrogens is 272 g/mol. The minimum Gasteiger partial charge on any atom is -0.481 e. The molecule has 1 heterocycles. The maximum atomic E-state index is 12.1. The fraction of sp³-hybridized carbons (Fsp3) is 0.867. The summed E-state index contributed by atoms with van der Waals surface area (Å²) < 4.78 is 0. The maximum Gasteiger partial charge on any atom is 0.317 e. The van der Waals surface area contributed by atoms with Gasteiger partial charge in [-0.3, -0.25) is 4.79 Å². The molecule has 0 radical (unpaired) electrons. The highest BCUT2D eigenvalue weighted by molar-refractivity contribution is 5.74. The highest BCUT2D eigenvalue weighted by Gasteiger charge is 2.27. The Morgan fingerprint density at radius 3 is 2.81 bits per heavy atom. The quantitative estimate of drug-likeness (QED) is 0.606. The summed E-state index contributed by atoms with van der Waals surface area (Å²) in [5, 5.41) is 20.4. The molecule has 0 aromatic rings. The van der Waals surface area contributed by atoms with Gasteiger partial charge in [-0.1, -0.05) is 6.92 Å². The van der Waals surface area contributed by atoms with Gasteiger partial charge in [0.1, 0.15) is 0 Å². The van der Waals surface area contributed by atoms with Crippen molar-refractivity contribution >= 4 is 12.0 Å². The van der Waals surface area contributed by atoms with Crippen molar-refractivity contribution in [3.05, 3.63) is 0 Å². The van der Waals surface area contributed by atoms with Gasteiger partial charge in [0.2, 0.25) is 0 Å². The maximum absolute atomic E-state index is 12.1. The molecule has 0 aliphatic carbocycles. The lowest BCUT2D eigenvalue weighted by Gasteiger charge is -2.25. The van der Waals surface area contributed by atoms with Crippen molar-refractivity contribution in [2.45, 2.75) is 57.9 Å². The van der Waals surface area contributed by atoms with Gasteiger partial charge in [-0.2, -0.15) is 0 Å². The highest BCUT2D eigenvalue weighted by Crippen LogP contribution is 2.21. The fourth-order valence-corrected chi connectivity index (χ4v) is 2.77. The van der Waals surface area contributed by atoms with Crippen molar-refractivity contribution < 1.29 is 19.8 Å². The van der Waals surface area contributed by atoms with E-state index in [1.165, 1.54) is 0 Å². The molecule has 3 N–H and O–H groups in total. The number of carbonyl (C=O) groups is 2. The summed E-state index contributed by atoms with van der Waals surface area (Å²) >= 11 is 0. The van der Waals surface area contributed by atoms with E-state index in [4.69, 9.17) is 10.2 Å². The minimum atomic E-state index is -0.769. The van der Waals surface area contributed by atoms with Crippen molar-refractivity contribution in [1.29, 1.82) is 0 Å². The number of carboxylic acids is 1. The van der Waals surface area contributed by atoms with Crippen LogP contribution >= 0.6 is 0 Å². The van der Waals surface area contributed by atoms with Gasteiger partial charge in [0, 0.05) is 32.2 Å². The van der Waals surface area contributed by atoms with Crippen LogP contribution in [0, 0.1) is 5.92 Å². The number of likely N-dealkylation sites (tertiary alicyclic amines) is 1. The van der Waals surface area contributed by atoms with Crippen LogP contribution in [0.5, 0.6) is 0 Å². The Labute approximate surface area is 126 Å². The molecule has 1 saturated heterocycles. The summed E-state index contributed by atoms with van der Waals surface area (Å²) in [5.41, 5.74) is 0. The lowest BCUT2D eigenvalue weighted by atomic mass is 10.0. The predicted molar refractivity (Wildman–Crippen MR) is 80.1 cm³/mol. The zero-order valence-electron chi connectivity index (χ0n) is 12.9. The largest absolute Gasteiger partial charge is 0.481 e. The van der Waals surface area contributed by atoms with E-state index in [9.17, 15) is 9.59 Å². The van der Waals surface area contributed by atoms with Gasteiger partial charge in [-0.05, 0) is 44.4 Å². The fourth-order valence-electron chi connectivity index (χ4n) is 2.77. The third kappa shape index (κ3) is 6.80. The lowest BCUT2D eigenvalue weighted by molar-refractivity contribution is -0.137. The highest BCUT2D eigenvalue weighted by atomic mass is 16.4. The molecule has 2 amide bonds. The molecule has 6 nitrogen and oxygen atoms in total. The summed E-state index contributed by atoms with van der Waals surface area (Å²) in [6, 6.07) is 0.224. The topological polar surface area (TPSA) is 89.9 Å². The van der Waals surface area contributed by atoms with E-state index in [2.05, 4.69) is 5.32 Å². The van der Waals surface area contributed by atoms with Gasteiger partial charge in [-0.15, -0.1) is 0 Å².